The first-order chi connectivity index (χ1) is 14.7. The second-order valence-electron chi connectivity index (χ2n) is 12.2. The normalized spacial score (nSPS) is 45.9. The topological polar surface area (TPSA) is 0 Å². The van der Waals surface area contributed by atoms with E-state index in [-0.39, 0.29) is 0 Å². The molecule has 0 aliphatic heterocycles. The summed E-state index contributed by atoms with van der Waals surface area (Å²) in [5, 5.41) is 0. The summed E-state index contributed by atoms with van der Waals surface area (Å²) >= 11 is 0. The summed E-state index contributed by atoms with van der Waals surface area (Å²) in [5.41, 5.74) is 0. The number of rotatable bonds is 6. The third-order valence-corrected chi connectivity index (χ3v) is 10.7. The van der Waals surface area contributed by atoms with E-state index in [1.807, 2.05) is 0 Å². The maximum Gasteiger partial charge on any atom is 0.103 e. The highest BCUT2D eigenvalue weighted by molar-refractivity contribution is 4.91. The van der Waals surface area contributed by atoms with Gasteiger partial charge in [0.05, 0.1) is 0 Å². The maximum atomic E-state index is 15.3. The monoisotopic (exact) mass is 418 g/mol. The van der Waals surface area contributed by atoms with Crippen LogP contribution < -0.4 is 0 Å². The van der Waals surface area contributed by atoms with Gasteiger partial charge in [-0.1, -0.05) is 58.8 Å². The summed E-state index contributed by atoms with van der Waals surface area (Å²) < 4.78 is 15.3. The van der Waals surface area contributed by atoms with Crippen LogP contribution in [0.2, 0.25) is 0 Å². The van der Waals surface area contributed by atoms with Crippen molar-refractivity contribution in [3.8, 4) is 0 Å². The van der Waals surface area contributed by atoms with Crippen LogP contribution in [0, 0.1) is 47.3 Å². The van der Waals surface area contributed by atoms with Crippen molar-refractivity contribution in [2.75, 3.05) is 0 Å². The van der Waals surface area contributed by atoms with Gasteiger partial charge in [0.2, 0.25) is 0 Å². The quantitative estimate of drug-likeness (QED) is 0.403. The summed E-state index contributed by atoms with van der Waals surface area (Å²) in [5.74, 6) is 6.70. The molecule has 4 fully saturated rings. The molecule has 0 spiro atoms. The fourth-order valence-corrected chi connectivity index (χ4v) is 8.60. The molecule has 4 aliphatic carbocycles. The van der Waals surface area contributed by atoms with E-state index < -0.39 is 6.17 Å². The lowest BCUT2D eigenvalue weighted by molar-refractivity contribution is 0.0283. The number of hydrogen-bond donors (Lipinski definition) is 0. The molecular formula is C29H51F. The number of alkyl halides is 1. The molecule has 4 saturated carbocycles. The zero-order chi connectivity index (χ0) is 20.9. The Morgan fingerprint density at radius 2 is 1.00 bits per heavy atom. The first kappa shape index (κ1) is 23.1. The summed E-state index contributed by atoms with van der Waals surface area (Å²) in [6.45, 7) is 4.69. The predicted molar refractivity (Wildman–Crippen MR) is 127 cm³/mol. The smallest absolute Gasteiger partial charge is 0.103 e. The molecule has 0 aromatic heterocycles. The highest BCUT2D eigenvalue weighted by Gasteiger charge is 2.40. The van der Waals surface area contributed by atoms with E-state index >= 15 is 4.39 Å². The summed E-state index contributed by atoms with van der Waals surface area (Å²) in [7, 11) is 0. The standard InChI is InChI=1S/C29H51F/c1-3-5-22-8-12-26(13-9-22)28-19-18-27(20-29(28)30)25-16-14-24(15-17-25)23-10-6-21(4-2)7-11-23/h21-29H,3-20H2,1-2H3. The highest BCUT2D eigenvalue weighted by Crippen LogP contribution is 2.49. The highest BCUT2D eigenvalue weighted by atomic mass is 19.1. The molecular weight excluding hydrogens is 367 g/mol. The van der Waals surface area contributed by atoms with Crippen molar-refractivity contribution in [3.05, 3.63) is 0 Å². The van der Waals surface area contributed by atoms with Crippen LogP contribution in [0.4, 0.5) is 4.39 Å². The average molecular weight is 419 g/mol. The van der Waals surface area contributed by atoms with E-state index in [0.29, 0.717) is 17.8 Å². The Morgan fingerprint density at radius 1 is 0.533 bits per heavy atom. The molecule has 3 unspecified atom stereocenters. The third kappa shape index (κ3) is 5.64. The molecule has 4 rings (SSSR count). The van der Waals surface area contributed by atoms with Crippen molar-refractivity contribution < 1.29 is 4.39 Å². The van der Waals surface area contributed by atoms with Gasteiger partial charge in [-0.15, -0.1) is 0 Å². The molecule has 0 heterocycles. The molecule has 4 aliphatic rings. The van der Waals surface area contributed by atoms with Gasteiger partial charge in [0.25, 0.3) is 0 Å². The minimum Gasteiger partial charge on any atom is -0.247 e. The third-order valence-electron chi connectivity index (χ3n) is 10.7. The van der Waals surface area contributed by atoms with E-state index in [4.69, 9.17) is 0 Å². The van der Waals surface area contributed by atoms with Gasteiger partial charge in [-0.3, -0.25) is 0 Å². The van der Waals surface area contributed by atoms with Gasteiger partial charge < -0.3 is 0 Å². The number of halogens is 1. The van der Waals surface area contributed by atoms with Crippen LogP contribution in [0.3, 0.4) is 0 Å². The Hall–Kier alpha value is -0.0700. The second-order valence-corrected chi connectivity index (χ2v) is 12.2. The van der Waals surface area contributed by atoms with E-state index in [1.54, 1.807) is 0 Å². The Balaban J connectivity index is 1.18. The molecule has 0 nitrogen and oxygen atoms in total. The first-order valence-corrected chi connectivity index (χ1v) is 14.3. The van der Waals surface area contributed by atoms with Crippen LogP contribution in [0.15, 0.2) is 0 Å². The van der Waals surface area contributed by atoms with E-state index in [0.717, 1.165) is 36.0 Å². The van der Waals surface area contributed by atoms with Crippen LogP contribution in [0.1, 0.15) is 129 Å². The molecule has 174 valence electrons. The SMILES string of the molecule is CCCC1CCC(C2CCC(C3CCC(C4CCC(CC)CC4)CC3)CC2F)CC1. The maximum absolute atomic E-state index is 15.3. The van der Waals surface area contributed by atoms with Gasteiger partial charge >= 0.3 is 0 Å². The van der Waals surface area contributed by atoms with Crippen LogP contribution in [0.5, 0.6) is 0 Å². The summed E-state index contributed by atoms with van der Waals surface area (Å²) in [6.07, 6.45) is 24.3. The second kappa shape index (κ2) is 11.2. The lowest BCUT2D eigenvalue weighted by atomic mass is 9.62. The van der Waals surface area contributed by atoms with Crippen molar-refractivity contribution >= 4 is 0 Å². The van der Waals surface area contributed by atoms with Crippen molar-refractivity contribution in [3.63, 3.8) is 0 Å². The summed E-state index contributed by atoms with van der Waals surface area (Å²) in [6, 6.07) is 0. The molecule has 30 heavy (non-hydrogen) atoms. The van der Waals surface area contributed by atoms with Gasteiger partial charge in [-0.05, 0) is 118 Å². The zero-order valence-corrected chi connectivity index (χ0v) is 20.3. The van der Waals surface area contributed by atoms with Gasteiger partial charge in [0.1, 0.15) is 6.17 Å². The van der Waals surface area contributed by atoms with Crippen molar-refractivity contribution in [1.29, 1.82) is 0 Å². The lowest BCUT2D eigenvalue weighted by Gasteiger charge is -2.44. The fourth-order valence-electron chi connectivity index (χ4n) is 8.60. The molecule has 0 aromatic rings. The molecule has 0 N–H and O–H groups in total. The van der Waals surface area contributed by atoms with E-state index in [1.165, 1.54) is 109 Å². The molecule has 0 saturated heterocycles. The van der Waals surface area contributed by atoms with Crippen LogP contribution >= 0.6 is 0 Å². The Kier molecular flexibility index (Phi) is 8.61. The first-order valence-electron chi connectivity index (χ1n) is 14.3. The molecule has 0 bridgehead atoms. The minimum absolute atomic E-state index is 0.411. The minimum atomic E-state index is -0.487. The average Bonchev–Trinajstić information content (AvgIpc) is 2.80. The van der Waals surface area contributed by atoms with Gasteiger partial charge in [0.15, 0.2) is 0 Å². The largest absolute Gasteiger partial charge is 0.247 e. The molecule has 0 amide bonds. The lowest BCUT2D eigenvalue weighted by Crippen LogP contribution is -2.37. The Morgan fingerprint density at radius 3 is 1.53 bits per heavy atom. The summed E-state index contributed by atoms with van der Waals surface area (Å²) in [4.78, 5) is 0. The van der Waals surface area contributed by atoms with Crippen LogP contribution in [-0.2, 0) is 0 Å². The Labute approximate surface area is 187 Å². The molecule has 0 aromatic carbocycles. The van der Waals surface area contributed by atoms with Crippen molar-refractivity contribution in [2.24, 2.45) is 47.3 Å². The van der Waals surface area contributed by atoms with Gasteiger partial charge in [-0.2, -0.15) is 0 Å². The Bertz CT molecular complexity index is 477. The molecule has 3 atom stereocenters. The van der Waals surface area contributed by atoms with E-state index in [9.17, 15) is 0 Å². The number of hydrogen-bond acceptors (Lipinski definition) is 0. The van der Waals surface area contributed by atoms with Crippen molar-refractivity contribution in [1.82, 2.24) is 0 Å². The van der Waals surface area contributed by atoms with Gasteiger partial charge in [-0.25, -0.2) is 4.39 Å². The van der Waals surface area contributed by atoms with Crippen molar-refractivity contribution in [2.45, 2.75) is 136 Å². The van der Waals surface area contributed by atoms with Crippen LogP contribution in [-0.4, -0.2) is 6.17 Å². The van der Waals surface area contributed by atoms with Crippen LogP contribution in [0.25, 0.3) is 0 Å². The molecule has 1 heteroatoms. The fraction of sp³-hybridized carbons (Fsp3) is 1.00. The predicted octanol–water partition coefficient (Wildman–Crippen LogP) is 9.37. The van der Waals surface area contributed by atoms with E-state index in [2.05, 4.69) is 13.8 Å². The molecule has 0 radical (unpaired) electrons. The zero-order valence-electron chi connectivity index (χ0n) is 20.3. The van der Waals surface area contributed by atoms with Gasteiger partial charge in [0, 0.05) is 0 Å².